The highest BCUT2D eigenvalue weighted by Gasteiger charge is 2.21. The quantitative estimate of drug-likeness (QED) is 0.303. The zero-order chi connectivity index (χ0) is 26.4. The molecule has 0 bridgehead atoms. The Bertz CT molecular complexity index is 1300. The Morgan fingerprint density at radius 2 is 1.95 bits per heavy atom. The molecule has 5 N–H and O–H groups in total. The van der Waals surface area contributed by atoms with Gasteiger partial charge in [0.25, 0.3) is 5.91 Å². The summed E-state index contributed by atoms with van der Waals surface area (Å²) in [5, 5.41) is 13.7. The molecule has 1 atom stereocenters. The number of rotatable bonds is 10. The third-order valence-electron chi connectivity index (χ3n) is 5.85. The minimum absolute atomic E-state index is 0.155. The fourth-order valence-electron chi connectivity index (χ4n) is 3.81. The number of benzene rings is 2. The van der Waals surface area contributed by atoms with E-state index < -0.39 is 6.10 Å². The summed E-state index contributed by atoms with van der Waals surface area (Å²) < 4.78 is 11.5. The van der Waals surface area contributed by atoms with Crippen LogP contribution in [0.2, 0.25) is 0 Å². The van der Waals surface area contributed by atoms with Crippen molar-refractivity contribution in [2.75, 3.05) is 11.9 Å². The van der Waals surface area contributed by atoms with E-state index in [1.54, 1.807) is 6.92 Å². The minimum atomic E-state index is -0.633. The number of nitrogens with two attached hydrogens (primary N) is 1. The highest BCUT2D eigenvalue weighted by atomic mass is 16.5. The molecule has 1 aromatic heterocycles. The van der Waals surface area contributed by atoms with E-state index in [1.165, 1.54) is 12.4 Å². The van der Waals surface area contributed by atoms with Crippen molar-refractivity contribution in [1.29, 1.82) is 5.41 Å². The fourth-order valence-corrected chi connectivity index (χ4v) is 3.81. The molecule has 192 valence electrons. The first-order valence-corrected chi connectivity index (χ1v) is 12.2. The van der Waals surface area contributed by atoms with E-state index in [4.69, 9.17) is 30.6 Å². The maximum atomic E-state index is 12.3. The van der Waals surface area contributed by atoms with Crippen LogP contribution in [0, 0.1) is 11.3 Å². The van der Waals surface area contributed by atoms with Crippen LogP contribution in [0.1, 0.15) is 37.6 Å². The second-order valence-electron chi connectivity index (χ2n) is 9.21. The van der Waals surface area contributed by atoms with Crippen molar-refractivity contribution in [2.24, 2.45) is 11.7 Å². The third kappa shape index (κ3) is 6.31. The van der Waals surface area contributed by atoms with Crippen LogP contribution >= 0.6 is 0 Å². The van der Waals surface area contributed by atoms with Gasteiger partial charge in [-0.15, -0.1) is 0 Å². The molecule has 1 aliphatic rings. The summed E-state index contributed by atoms with van der Waals surface area (Å²) in [6.07, 6.45) is 2.00. The Morgan fingerprint density at radius 3 is 2.65 bits per heavy atom. The minimum Gasteiger partial charge on any atom is -0.481 e. The molecule has 0 fully saturated rings. The van der Waals surface area contributed by atoms with E-state index in [-0.39, 0.29) is 5.91 Å². The Morgan fingerprint density at radius 1 is 1.16 bits per heavy atom. The van der Waals surface area contributed by atoms with Gasteiger partial charge in [0.1, 0.15) is 11.6 Å². The number of allylic oxidation sites excluding steroid dienone is 1. The first kappa shape index (κ1) is 25.8. The second-order valence-corrected chi connectivity index (χ2v) is 9.21. The van der Waals surface area contributed by atoms with Crippen molar-refractivity contribution in [3.05, 3.63) is 71.6 Å². The van der Waals surface area contributed by atoms with Gasteiger partial charge in [0.2, 0.25) is 0 Å². The molecule has 0 aliphatic carbocycles. The van der Waals surface area contributed by atoms with Crippen LogP contribution in [-0.2, 0) is 22.7 Å². The summed E-state index contributed by atoms with van der Waals surface area (Å²) in [4.78, 5) is 21.9. The predicted molar refractivity (Wildman–Crippen MR) is 145 cm³/mol. The SMILES string of the molecule is CC(C)CNC(=O)C(C)Oc1cccc(-c2nc3c(c(Nc4ccc(/C(C=N)=C/N)cc4)n2)COC3)c1. The van der Waals surface area contributed by atoms with Crippen molar-refractivity contribution in [3.63, 3.8) is 0 Å². The summed E-state index contributed by atoms with van der Waals surface area (Å²) >= 11 is 0. The van der Waals surface area contributed by atoms with Gasteiger partial charge in [-0.3, -0.25) is 4.79 Å². The molecule has 9 nitrogen and oxygen atoms in total. The Balaban J connectivity index is 1.56. The van der Waals surface area contributed by atoms with Gasteiger partial charge in [-0.25, -0.2) is 9.97 Å². The molecule has 37 heavy (non-hydrogen) atoms. The van der Waals surface area contributed by atoms with Gasteiger partial charge in [-0.05, 0) is 42.7 Å². The number of hydrogen-bond acceptors (Lipinski definition) is 8. The van der Waals surface area contributed by atoms with Gasteiger partial charge in [0.15, 0.2) is 11.9 Å². The molecule has 2 aromatic carbocycles. The first-order valence-electron chi connectivity index (χ1n) is 12.2. The number of nitrogens with one attached hydrogen (secondary N) is 3. The van der Waals surface area contributed by atoms with E-state index >= 15 is 0 Å². The normalized spacial score (nSPS) is 13.7. The van der Waals surface area contributed by atoms with Crippen molar-refractivity contribution >= 4 is 29.2 Å². The summed E-state index contributed by atoms with van der Waals surface area (Å²) in [6.45, 7) is 7.25. The average molecular weight is 501 g/mol. The van der Waals surface area contributed by atoms with E-state index in [1.807, 2.05) is 62.4 Å². The molecule has 1 unspecified atom stereocenters. The fraction of sp³-hybridized carbons (Fsp3) is 0.286. The van der Waals surface area contributed by atoms with Crippen LogP contribution in [0.5, 0.6) is 5.75 Å². The van der Waals surface area contributed by atoms with Crippen LogP contribution in [0.3, 0.4) is 0 Å². The molecule has 4 rings (SSSR count). The molecule has 3 aromatic rings. The van der Waals surface area contributed by atoms with Crippen molar-refractivity contribution in [3.8, 4) is 17.1 Å². The number of amides is 1. The molecule has 0 saturated carbocycles. The lowest BCUT2D eigenvalue weighted by Crippen LogP contribution is -2.38. The van der Waals surface area contributed by atoms with Gasteiger partial charge in [0.05, 0.1) is 18.9 Å². The van der Waals surface area contributed by atoms with Crippen LogP contribution in [0.4, 0.5) is 11.5 Å². The molecular weight excluding hydrogens is 468 g/mol. The highest BCUT2D eigenvalue weighted by Crippen LogP contribution is 2.31. The smallest absolute Gasteiger partial charge is 0.260 e. The third-order valence-corrected chi connectivity index (χ3v) is 5.85. The topological polar surface area (TPSA) is 135 Å². The first-order chi connectivity index (χ1) is 17.9. The molecule has 9 heteroatoms. The van der Waals surface area contributed by atoms with Crippen LogP contribution in [0.15, 0.2) is 54.7 Å². The molecule has 0 saturated heterocycles. The van der Waals surface area contributed by atoms with E-state index in [0.717, 1.165) is 28.1 Å². The van der Waals surface area contributed by atoms with Gasteiger partial charge in [0, 0.05) is 41.3 Å². The standard InChI is InChI=1S/C28H32N6O3/c1-17(2)14-31-28(35)18(3)37-23-6-4-5-20(11-23)26-33-25-16-36-15-24(25)27(34-26)32-22-9-7-19(8-10-22)21(12-29)13-30/h4-13,17-18,29H,14-16,30H2,1-3H3,(H,31,35)(H,32,33,34)/b21-13+,29-12?. The van der Waals surface area contributed by atoms with Gasteiger partial charge < -0.3 is 31.3 Å². The summed E-state index contributed by atoms with van der Waals surface area (Å²) in [6, 6.07) is 15.0. The Hall–Kier alpha value is -4.24. The average Bonchev–Trinajstić information content (AvgIpc) is 3.38. The van der Waals surface area contributed by atoms with E-state index in [0.29, 0.717) is 48.6 Å². The molecule has 2 heterocycles. The van der Waals surface area contributed by atoms with Crippen LogP contribution in [0.25, 0.3) is 17.0 Å². The Kier molecular flexibility index (Phi) is 8.15. The molecule has 1 aliphatic heterocycles. The van der Waals surface area contributed by atoms with E-state index in [2.05, 4.69) is 10.6 Å². The maximum absolute atomic E-state index is 12.3. The Labute approximate surface area is 216 Å². The number of anilines is 2. The molecule has 0 radical (unpaired) electrons. The summed E-state index contributed by atoms with van der Waals surface area (Å²) in [5.41, 5.74) is 10.4. The number of fused-ring (bicyclic) bond motifs is 1. The van der Waals surface area contributed by atoms with Crippen LogP contribution < -0.4 is 21.1 Å². The number of carbonyl (C=O) groups excluding carboxylic acids is 1. The summed E-state index contributed by atoms with van der Waals surface area (Å²) in [7, 11) is 0. The number of aromatic nitrogens is 2. The molecule has 0 spiro atoms. The van der Waals surface area contributed by atoms with Crippen molar-refractivity contribution in [2.45, 2.75) is 40.1 Å². The highest BCUT2D eigenvalue weighted by molar-refractivity contribution is 6.08. The van der Waals surface area contributed by atoms with Gasteiger partial charge in [-0.1, -0.05) is 38.1 Å². The number of hydrogen-bond donors (Lipinski definition) is 4. The lowest BCUT2D eigenvalue weighted by Gasteiger charge is -2.16. The zero-order valence-electron chi connectivity index (χ0n) is 21.2. The number of ether oxygens (including phenoxy) is 2. The predicted octanol–water partition coefficient (Wildman–Crippen LogP) is 4.41. The zero-order valence-corrected chi connectivity index (χ0v) is 21.2. The van der Waals surface area contributed by atoms with Crippen molar-refractivity contribution < 1.29 is 14.3 Å². The molecular formula is C28H32N6O3. The lowest BCUT2D eigenvalue weighted by atomic mass is 10.1. The second kappa shape index (κ2) is 11.7. The monoisotopic (exact) mass is 500 g/mol. The summed E-state index contributed by atoms with van der Waals surface area (Å²) in [5.74, 6) is 1.97. The van der Waals surface area contributed by atoms with Crippen molar-refractivity contribution in [1.82, 2.24) is 15.3 Å². The largest absolute Gasteiger partial charge is 0.481 e. The number of carbonyl (C=O) groups is 1. The maximum Gasteiger partial charge on any atom is 0.260 e. The molecule has 1 amide bonds. The number of nitrogens with zero attached hydrogens (tertiary/aromatic N) is 2. The van der Waals surface area contributed by atoms with Gasteiger partial charge in [-0.2, -0.15) is 0 Å². The van der Waals surface area contributed by atoms with Gasteiger partial charge >= 0.3 is 0 Å². The lowest BCUT2D eigenvalue weighted by molar-refractivity contribution is -0.127. The van der Waals surface area contributed by atoms with Crippen LogP contribution in [-0.4, -0.2) is 34.7 Å². The van der Waals surface area contributed by atoms with E-state index in [9.17, 15) is 4.79 Å².